The van der Waals surface area contributed by atoms with Gasteiger partial charge in [0.1, 0.15) is 5.82 Å². The van der Waals surface area contributed by atoms with Gasteiger partial charge in [0, 0.05) is 23.0 Å². The summed E-state index contributed by atoms with van der Waals surface area (Å²) in [6, 6.07) is 7.02. The second-order valence-electron chi connectivity index (χ2n) is 7.40. The van der Waals surface area contributed by atoms with Crippen molar-refractivity contribution >= 4 is 27.0 Å². The Balaban J connectivity index is 2.09. The first-order chi connectivity index (χ1) is 9.89. The van der Waals surface area contributed by atoms with Gasteiger partial charge in [-0.05, 0) is 42.9 Å². The highest BCUT2D eigenvalue weighted by molar-refractivity contribution is 9.10. The summed E-state index contributed by atoms with van der Waals surface area (Å²) in [6.07, 6.45) is 3.60. The normalized spacial score (nSPS) is 17.4. The number of fused-ring (bicyclic) bond motifs is 1. The van der Waals surface area contributed by atoms with E-state index in [0.29, 0.717) is 18.5 Å². The Labute approximate surface area is 135 Å². The number of hydrogen-bond acceptors (Lipinski definition) is 2. The van der Waals surface area contributed by atoms with E-state index in [1.807, 2.05) is 0 Å². The van der Waals surface area contributed by atoms with Gasteiger partial charge in [-0.3, -0.25) is 0 Å². The predicted molar refractivity (Wildman–Crippen MR) is 91.6 cm³/mol. The first-order valence-corrected chi connectivity index (χ1v) is 8.56. The minimum atomic E-state index is 0.261. The van der Waals surface area contributed by atoms with Crippen molar-refractivity contribution in [3.05, 3.63) is 28.5 Å². The standard InChI is InChI=1S/C17H24BrN3/c1-17(2,3)9-11(10-19)16-20-14-8-12(18)4-7-15(14)21(16)13-5-6-13/h4,7-8,11,13H,5-6,9-10,19H2,1-3H3. The van der Waals surface area contributed by atoms with E-state index in [1.165, 1.54) is 24.2 Å². The molecule has 21 heavy (non-hydrogen) atoms. The maximum atomic E-state index is 6.09. The number of nitrogens with zero attached hydrogens (tertiary/aromatic N) is 2. The van der Waals surface area contributed by atoms with Crippen molar-refractivity contribution in [1.29, 1.82) is 0 Å². The third-order valence-corrected chi connectivity index (χ3v) is 4.59. The summed E-state index contributed by atoms with van der Waals surface area (Å²) in [7, 11) is 0. The number of imidazole rings is 1. The molecule has 1 aliphatic carbocycles. The largest absolute Gasteiger partial charge is 0.330 e. The summed E-state index contributed by atoms with van der Waals surface area (Å²) < 4.78 is 3.53. The van der Waals surface area contributed by atoms with Crippen LogP contribution in [0.15, 0.2) is 22.7 Å². The summed E-state index contributed by atoms with van der Waals surface area (Å²) in [5.74, 6) is 1.51. The quantitative estimate of drug-likeness (QED) is 0.875. The lowest BCUT2D eigenvalue weighted by Crippen LogP contribution is -2.22. The van der Waals surface area contributed by atoms with Gasteiger partial charge in [0.25, 0.3) is 0 Å². The number of benzene rings is 1. The Bertz CT molecular complexity index is 650. The Morgan fingerprint density at radius 1 is 1.38 bits per heavy atom. The SMILES string of the molecule is CC(C)(C)CC(CN)c1nc2cc(Br)ccc2n1C1CC1. The maximum Gasteiger partial charge on any atom is 0.114 e. The monoisotopic (exact) mass is 349 g/mol. The summed E-state index contributed by atoms with van der Waals surface area (Å²) >= 11 is 3.55. The smallest absolute Gasteiger partial charge is 0.114 e. The minimum absolute atomic E-state index is 0.261. The fourth-order valence-corrected chi connectivity index (χ4v) is 3.46. The van der Waals surface area contributed by atoms with E-state index >= 15 is 0 Å². The van der Waals surface area contributed by atoms with Crippen LogP contribution in [0.25, 0.3) is 11.0 Å². The van der Waals surface area contributed by atoms with Crippen molar-refractivity contribution < 1.29 is 0 Å². The zero-order valence-corrected chi connectivity index (χ0v) is 14.7. The lowest BCUT2D eigenvalue weighted by molar-refractivity contribution is 0.332. The van der Waals surface area contributed by atoms with Crippen LogP contribution in [0, 0.1) is 5.41 Å². The molecule has 1 aromatic heterocycles. The van der Waals surface area contributed by atoms with Gasteiger partial charge >= 0.3 is 0 Å². The van der Waals surface area contributed by atoms with Gasteiger partial charge in [0.15, 0.2) is 0 Å². The summed E-state index contributed by atoms with van der Waals surface area (Å²) in [5.41, 5.74) is 8.69. The predicted octanol–water partition coefficient (Wildman–Crippen LogP) is 4.61. The molecule has 3 nitrogen and oxygen atoms in total. The highest BCUT2D eigenvalue weighted by Gasteiger charge is 2.32. The molecule has 0 amide bonds. The average molecular weight is 350 g/mol. The molecule has 1 heterocycles. The summed E-state index contributed by atoms with van der Waals surface area (Å²) in [6.45, 7) is 7.48. The van der Waals surface area contributed by atoms with Crippen LogP contribution >= 0.6 is 15.9 Å². The van der Waals surface area contributed by atoms with Crippen LogP contribution in [0.3, 0.4) is 0 Å². The van der Waals surface area contributed by atoms with E-state index in [1.54, 1.807) is 0 Å². The van der Waals surface area contributed by atoms with E-state index in [4.69, 9.17) is 10.7 Å². The lowest BCUT2D eigenvalue weighted by atomic mass is 9.84. The van der Waals surface area contributed by atoms with Gasteiger partial charge in [-0.15, -0.1) is 0 Å². The van der Waals surface area contributed by atoms with Gasteiger partial charge in [-0.1, -0.05) is 36.7 Å². The summed E-state index contributed by atoms with van der Waals surface area (Å²) in [4.78, 5) is 4.94. The molecule has 0 spiro atoms. The van der Waals surface area contributed by atoms with Crippen LogP contribution in [0.5, 0.6) is 0 Å². The van der Waals surface area contributed by atoms with E-state index < -0.39 is 0 Å². The van der Waals surface area contributed by atoms with E-state index in [0.717, 1.165) is 16.4 Å². The third-order valence-electron chi connectivity index (χ3n) is 4.10. The molecule has 1 aromatic carbocycles. The van der Waals surface area contributed by atoms with Crippen LogP contribution in [-0.2, 0) is 0 Å². The van der Waals surface area contributed by atoms with Gasteiger partial charge < -0.3 is 10.3 Å². The van der Waals surface area contributed by atoms with Crippen LogP contribution < -0.4 is 5.73 Å². The first kappa shape index (κ1) is 15.0. The average Bonchev–Trinajstić information content (AvgIpc) is 3.16. The molecule has 0 saturated heterocycles. The van der Waals surface area contributed by atoms with E-state index in [2.05, 4.69) is 59.5 Å². The summed E-state index contributed by atoms with van der Waals surface area (Å²) in [5, 5.41) is 0. The minimum Gasteiger partial charge on any atom is -0.330 e. The van der Waals surface area contributed by atoms with Crippen LogP contribution in [0.1, 0.15) is 57.8 Å². The molecule has 1 unspecified atom stereocenters. The first-order valence-electron chi connectivity index (χ1n) is 7.76. The molecule has 0 bridgehead atoms. The maximum absolute atomic E-state index is 6.09. The fraction of sp³-hybridized carbons (Fsp3) is 0.588. The third kappa shape index (κ3) is 3.16. The van der Waals surface area contributed by atoms with Crippen LogP contribution in [0.4, 0.5) is 0 Å². The van der Waals surface area contributed by atoms with E-state index in [-0.39, 0.29) is 5.41 Å². The molecule has 2 aromatic rings. The molecule has 1 atom stereocenters. The number of rotatable bonds is 4. The number of nitrogens with two attached hydrogens (primary N) is 1. The molecule has 4 heteroatoms. The zero-order chi connectivity index (χ0) is 15.2. The van der Waals surface area contributed by atoms with Crippen molar-refractivity contribution in [3.8, 4) is 0 Å². The number of hydrogen-bond donors (Lipinski definition) is 1. The van der Waals surface area contributed by atoms with Gasteiger partial charge in [0.05, 0.1) is 11.0 Å². The van der Waals surface area contributed by atoms with Crippen molar-refractivity contribution in [2.75, 3.05) is 6.54 Å². The molecule has 1 fully saturated rings. The Hall–Kier alpha value is -0.870. The van der Waals surface area contributed by atoms with Gasteiger partial charge in [-0.25, -0.2) is 4.98 Å². The molecule has 1 aliphatic rings. The Morgan fingerprint density at radius 2 is 2.10 bits per heavy atom. The molecule has 1 saturated carbocycles. The molecular weight excluding hydrogens is 326 g/mol. The second-order valence-corrected chi connectivity index (χ2v) is 8.32. The Kier molecular flexibility index (Phi) is 3.87. The lowest BCUT2D eigenvalue weighted by Gasteiger charge is -2.25. The van der Waals surface area contributed by atoms with Gasteiger partial charge in [-0.2, -0.15) is 0 Å². The van der Waals surface area contributed by atoms with Crippen LogP contribution in [0.2, 0.25) is 0 Å². The fourth-order valence-electron chi connectivity index (χ4n) is 3.11. The molecule has 0 radical (unpaired) electrons. The molecule has 0 aliphatic heterocycles. The van der Waals surface area contributed by atoms with Crippen molar-refractivity contribution in [1.82, 2.24) is 9.55 Å². The second kappa shape index (κ2) is 5.40. The van der Waals surface area contributed by atoms with Crippen molar-refractivity contribution in [2.45, 2.75) is 52.0 Å². The molecule has 114 valence electrons. The number of halogens is 1. The van der Waals surface area contributed by atoms with Gasteiger partial charge in [0.2, 0.25) is 0 Å². The van der Waals surface area contributed by atoms with Crippen molar-refractivity contribution in [2.24, 2.45) is 11.1 Å². The highest BCUT2D eigenvalue weighted by Crippen LogP contribution is 2.42. The van der Waals surface area contributed by atoms with E-state index in [9.17, 15) is 0 Å². The topological polar surface area (TPSA) is 43.8 Å². The van der Waals surface area contributed by atoms with Crippen molar-refractivity contribution in [3.63, 3.8) is 0 Å². The van der Waals surface area contributed by atoms with Crippen LogP contribution in [-0.4, -0.2) is 16.1 Å². The molecule has 2 N–H and O–H groups in total. The highest BCUT2D eigenvalue weighted by atomic mass is 79.9. The Morgan fingerprint density at radius 3 is 2.67 bits per heavy atom. The number of aromatic nitrogens is 2. The molecule has 3 rings (SSSR count). The zero-order valence-electron chi connectivity index (χ0n) is 13.1. The molecular formula is C17H24BrN3.